The van der Waals surface area contributed by atoms with E-state index < -0.39 is 0 Å². The Hall–Kier alpha value is -1.78. The number of hydrogen-bond acceptors (Lipinski definition) is 3. The van der Waals surface area contributed by atoms with Crippen molar-refractivity contribution in [2.75, 3.05) is 13.1 Å². The van der Waals surface area contributed by atoms with Crippen LogP contribution >= 0.6 is 0 Å². The maximum atomic E-state index is 12.3. The van der Waals surface area contributed by atoms with Crippen molar-refractivity contribution in [1.82, 2.24) is 15.2 Å². The van der Waals surface area contributed by atoms with E-state index in [4.69, 9.17) is 4.74 Å². The normalized spacial score (nSPS) is 20.5. The third-order valence-electron chi connectivity index (χ3n) is 4.62. The van der Waals surface area contributed by atoms with E-state index in [0.29, 0.717) is 12.0 Å². The monoisotopic (exact) mass is 303 g/mol. The zero-order valence-corrected chi connectivity index (χ0v) is 13.2. The van der Waals surface area contributed by atoms with Gasteiger partial charge in [0.05, 0.1) is 0 Å². The van der Waals surface area contributed by atoms with Gasteiger partial charge in [-0.2, -0.15) is 0 Å². The van der Waals surface area contributed by atoms with Gasteiger partial charge in [-0.1, -0.05) is 6.92 Å². The first-order valence-corrected chi connectivity index (χ1v) is 8.38. The molecule has 0 aromatic carbocycles. The summed E-state index contributed by atoms with van der Waals surface area (Å²) >= 11 is 0. The van der Waals surface area contributed by atoms with Crippen LogP contribution in [0.15, 0.2) is 24.5 Å². The van der Waals surface area contributed by atoms with Gasteiger partial charge >= 0.3 is 6.03 Å². The molecule has 2 fully saturated rings. The first-order valence-electron chi connectivity index (χ1n) is 8.38. The van der Waals surface area contributed by atoms with Crippen molar-refractivity contribution < 1.29 is 9.53 Å². The summed E-state index contributed by atoms with van der Waals surface area (Å²) in [5.74, 6) is 1.57. The number of pyridine rings is 1. The molecule has 2 aliphatic rings. The van der Waals surface area contributed by atoms with Crippen molar-refractivity contribution in [3.8, 4) is 5.75 Å². The Morgan fingerprint density at radius 2 is 2.00 bits per heavy atom. The van der Waals surface area contributed by atoms with Crippen molar-refractivity contribution in [3.05, 3.63) is 24.5 Å². The van der Waals surface area contributed by atoms with Crippen LogP contribution in [0.25, 0.3) is 0 Å². The highest BCUT2D eigenvalue weighted by atomic mass is 16.5. The molecule has 5 nitrogen and oxygen atoms in total. The van der Waals surface area contributed by atoms with E-state index in [0.717, 1.165) is 38.1 Å². The minimum absolute atomic E-state index is 0.0983. The molecule has 1 aliphatic heterocycles. The lowest BCUT2D eigenvalue weighted by atomic mass is 10.1. The molecule has 2 heterocycles. The zero-order chi connectivity index (χ0) is 15.4. The lowest BCUT2D eigenvalue weighted by Gasteiger charge is -2.33. The molecule has 1 aromatic heterocycles. The molecule has 120 valence electrons. The summed E-state index contributed by atoms with van der Waals surface area (Å²) in [6, 6.07) is 4.21. The van der Waals surface area contributed by atoms with Crippen LogP contribution < -0.4 is 10.1 Å². The fraction of sp³-hybridized carbons (Fsp3) is 0.647. The van der Waals surface area contributed by atoms with Crippen LogP contribution in [0.3, 0.4) is 0 Å². The number of amides is 2. The van der Waals surface area contributed by atoms with Gasteiger partial charge in [0, 0.05) is 44.4 Å². The van der Waals surface area contributed by atoms with Crippen molar-refractivity contribution in [2.45, 2.75) is 51.2 Å². The van der Waals surface area contributed by atoms with Gasteiger partial charge in [0.1, 0.15) is 11.9 Å². The van der Waals surface area contributed by atoms with Gasteiger partial charge < -0.3 is 15.0 Å². The molecule has 5 heteroatoms. The lowest BCUT2D eigenvalue weighted by Crippen LogP contribution is -2.49. The average Bonchev–Trinajstić information content (AvgIpc) is 3.39. The Morgan fingerprint density at radius 3 is 2.59 bits per heavy atom. The Morgan fingerprint density at radius 1 is 1.32 bits per heavy atom. The van der Waals surface area contributed by atoms with Crippen LogP contribution in [-0.4, -0.2) is 41.2 Å². The van der Waals surface area contributed by atoms with Gasteiger partial charge in [0.2, 0.25) is 0 Å². The van der Waals surface area contributed by atoms with Gasteiger partial charge in [-0.05, 0) is 37.3 Å². The van der Waals surface area contributed by atoms with Crippen molar-refractivity contribution in [1.29, 1.82) is 0 Å². The highest BCUT2D eigenvalue weighted by molar-refractivity contribution is 5.74. The summed E-state index contributed by atoms with van der Waals surface area (Å²) in [4.78, 5) is 18.2. The molecule has 0 radical (unpaired) electrons. The van der Waals surface area contributed by atoms with Gasteiger partial charge in [0.25, 0.3) is 0 Å². The van der Waals surface area contributed by atoms with Crippen molar-refractivity contribution >= 4 is 6.03 Å². The Balaban J connectivity index is 1.43. The fourth-order valence-corrected chi connectivity index (χ4v) is 3.09. The Bertz CT molecular complexity index is 482. The molecular weight excluding hydrogens is 278 g/mol. The highest BCUT2D eigenvalue weighted by Gasteiger charge is 2.32. The minimum Gasteiger partial charge on any atom is -0.490 e. The van der Waals surface area contributed by atoms with E-state index in [1.54, 1.807) is 12.4 Å². The zero-order valence-electron chi connectivity index (χ0n) is 13.2. The molecular formula is C17H25N3O2. The summed E-state index contributed by atoms with van der Waals surface area (Å²) < 4.78 is 5.94. The van der Waals surface area contributed by atoms with Crippen LogP contribution in [0, 0.1) is 5.92 Å². The predicted octanol–water partition coefficient (Wildman–Crippen LogP) is 2.82. The number of ether oxygens (including phenoxy) is 1. The molecule has 1 unspecified atom stereocenters. The number of nitrogens with one attached hydrogen (secondary N) is 1. The van der Waals surface area contributed by atoms with Crippen LogP contribution in [0.1, 0.15) is 39.0 Å². The fourth-order valence-electron chi connectivity index (χ4n) is 3.09. The third kappa shape index (κ3) is 3.90. The van der Waals surface area contributed by atoms with Crippen LogP contribution in [0.4, 0.5) is 4.79 Å². The van der Waals surface area contributed by atoms with Gasteiger partial charge in [0.15, 0.2) is 0 Å². The molecule has 1 saturated carbocycles. The molecule has 3 rings (SSSR count). The number of carbonyl (C=O) groups is 1. The third-order valence-corrected chi connectivity index (χ3v) is 4.62. The van der Waals surface area contributed by atoms with E-state index in [1.807, 2.05) is 17.0 Å². The molecule has 1 aromatic rings. The van der Waals surface area contributed by atoms with Crippen LogP contribution in [-0.2, 0) is 0 Å². The van der Waals surface area contributed by atoms with Gasteiger partial charge in [-0.3, -0.25) is 4.98 Å². The maximum absolute atomic E-state index is 12.3. The summed E-state index contributed by atoms with van der Waals surface area (Å²) in [5.41, 5.74) is 0. The standard InChI is InChI=1S/C17H25N3O2/c1-2-16(13-3-4-13)19-17(21)20-11-7-15(8-12-20)22-14-5-9-18-10-6-14/h5-6,9-10,13,15-16H,2-4,7-8,11-12H2,1H3,(H,19,21). The molecule has 1 N–H and O–H groups in total. The second-order valence-corrected chi connectivity index (χ2v) is 6.29. The molecule has 2 amide bonds. The summed E-state index contributed by atoms with van der Waals surface area (Å²) in [7, 11) is 0. The highest BCUT2D eigenvalue weighted by Crippen LogP contribution is 2.34. The quantitative estimate of drug-likeness (QED) is 0.910. The molecule has 0 spiro atoms. The van der Waals surface area contributed by atoms with E-state index in [-0.39, 0.29) is 12.1 Å². The Kier molecular flexibility index (Phi) is 4.80. The number of carbonyl (C=O) groups excluding carboxylic acids is 1. The lowest BCUT2D eigenvalue weighted by molar-refractivity contribution is 0.109. The predicted molar refractivity (Wildman–Crippen MR) is 84.8 cm³/mol. The maximum Gasteiger partial charge on any atom is 0.317 e. The number of nitrogens with zero attached hydrogens (tertiary/aromatic N) is 2. The second kappa shape index (κ2) is 6.99. The Labute approximate surface area is 132 Å². The molecule has 1 atom stereocenters. The average molecular weight is 303 g/mol. The number of urea groups is 1. The topological polar surface area (TPSA) is 54.5 Å². The van der Waals surface area contributed by atoms with E-state index in [9.17, 15) is 4.79 Å². The van der Waals surface area contributed by atoms with Crippen molar-refractivity contribution in [2.24, 2.45) is 5.92 Å². The number of likely N-dealkylation sites (tertiary alicyclic amines) is 1. The SMILES string of the molecule is CCC(NC(=O)N1CCC(Oc2ccncc2)CC1)C1CC1. The molecule has 22 heavy (non-hydrogen) atoms. The number of hydrogen-bond donors (Lipinski definition) is 1. The summed E-state index contributed by atoms with van der Waals surface area (Å²) in [5, 5.41) is 3.20. The second-order valence-electron chi connectivity index (χ2n) is 6.29. The molecule has 1 aliphatic carbocycles. The molecule has 0 bridgehead atoms. The summed E-state index contributed by atoms with van der Waals surface area (Å²) in [6.07, 6.45) is 8.99. The number of rotatable bonds is 5. The number of aromatic nitrogens is 1. The van der Waals surface area contributed by atoms with E-state index in [2.05, 4.69) is 17.2 Å². The first-order chi connectivity index (χ1) is 10.8. The van der Waals surface area contributed by atoms with Crippen LogP contribution in [0.5, 0.6) is 5.75 Å². The van der Waals surface area contributed by atoms with E-state index >= 15 is 0 Å². The van der Waals surface area contributed by atoms with Gasteiger partial charge in [-0.25, -0.2) is 4.79 Å². The minimum atomic E-state index is 0.0983. The van der Waals surface area contributed by atoms with Gasteiger partial charge in [-0.15, -0.1) is 0 Å². The van der Waals surface area contributed by atoms with Crippen molar-refractivity contribution in [3.63, 3.8) is 0 Å². The smallest absolute Gasteiger partial charge is 0.317 e. The largest absolute Gasteiger partial charge is 0.490 e. The first kappa shape index (κ1) is 15.1. The van der Waals surface area contributed by atoms with Crippen LogP contribution in [0.2, 0.25) is 0 Å². The molecule has 1 saturated heterocycles. The number of piperidine rings is 1. The summed E-state index contributed by atoms with van der Waals surface area (Å²) in [6.45, 7) is 3.68. The van der Waals surface area contributed by atoms with E-state index in [1.165, 1.54) is 12.8 Å².